The first-order chi connectivity index (χ1) is 9.20. The molecular weight excluding hydrogens is 236 g/mol. The highest BCUT2D eigenvalue weighted by molar-refractivity contribution is 5.36. The van der Waals surface area contributed by atoms with Crippen molar-refractivity contribution in [1.29, 1.82) is 0 Å². The van der Waals surface area contributed by atoms with Gasteiger partial charge >= 0.3 is 0 Å². The Kier molecular flexibility index (Phi) is 5.23. The van der Waals surface area contributed by atoms with Crippen LogP contribution in [0.1, 0.15) is 37.7 Å². The van der Waals surface area contributed by atoms with Gasteiger partial charge in [-0.1, -0.05) is 25.1 Å². The second-order valence-electron chi connectivity index (χ2n) is 5.64. The first-order valence-corrected chi connectivity index (χ1v) is 7.35. The first kappa shape index (κ1) is 14.4. The Morgan fingerprint density at radius 3 is 2.68 bits per heavy atom. The molecule has 1 fully saturated rings. The van der Waals surface area contributed by atoms with Crippen molar-refractivity contribution in [1.82, 2.24) is 4.90 Å². The van der Waals surface area contributed by atoms with Gasteiger partial charge in [-0.15, -0.1) is 0 Å². The minimum atomic E-state index is 0.363. The van der Waals surface area contributed by atoms with Gasteiger partial charge in [-0.25, -0.2) is 0 Å². The van der Waals surface area contributed by atoms with E-state index in [1.807, 2.05) is 0 Å². The van der Waals surface area contributed by atoms with Crippen molar-refractivity contribution in [2.45, 2.75) is 38.2 Å². The van der Waals surface area contributed by atoms with Crippen LogP contribution in [0.3, 0.4) is 0 Å². The van der Waals surface area contributed by atoms with Crippen LogP contribution in [0.2, 0.25) is 0 Å². The number of rotatable bonds is 5. The Balaban J connectivity index is 2.03. The summed E-state index contributed by atoms with van der Waals surface area (Å²) in [7, 11) is 2.17. The number of nitrogens with zero attached hydrogens (tertiary/aromatic N) is 1. The Hall–Kier alpha value is -1.06. The zero-order valence-electron chi connectivity index (χ0n) is 12.1. The van der Waals surface area contributed by atoms with E-state index in [1.54, 1.807) is 0 Å². The summed E-state index contributed by atoms with van der Waals surface area (Å²) in [5.74, 6) is 1.52. The highest BCUT2D eigenvalue weighted by atomic mass is 16.5. The van der Waals surface area contributed by atoms with Gasteiger partial charge in [0.25, 0.3) is 0 Å². The van der Waals surface area contributed by atoms with Crippen molar-refractivity contribution in [3.63, 3.8) is 0 Å². The lowest BCUT2D eigenvalue weighted by atomic mass is 9.96. The summed E-state index contributed by atoms with van der Waals surface area (Å²) in [6, 6.07) is 8.41. The summed E-state index contributed by atoms with van der Waals surface area (Å²) in [4.78, 5) is 2.36. The maximum atomic E-state index is 6.23. The predicted molar refractivity (Wildman–Crippen MR) is 79.7 cm³/mol. The van der Waals surface area contributed by atoms with Crippen LogP contribution in [0.15, 0.2) is 24.3 Å². The van der Waals surface area contributed by atoms with Crippen molar-refractivity contribution in [2.75, 3.05) is 26.7 Å². The minimum absolute atomic E-state index is 0.363. The van der Waals surface area contributed by atoms with Crippen molar-refractivity contribution in [2.24, 2.45) is 5.73 Å². The summed E-state index contributed by atoms with van der Waals surface area (Å²) in [5.41, 5.74) is 6.97. The lowest BCUT2D eigenvalue weighted by molar-refractivity contribution is 0.113. The van der Waals surface area contributed by atoms with Gasteiger partial charge in [0.05, 0.1) is 0 Å². The molecule has 1 aliphatic heterocycles. The molecule has 1 heterocycles. The van der Waals surface area contributed by atoms with Gasteiger partial charge in [-0.3, -0.25) is 0 Å². The summed E-state index contributed by atoms with van der Waals surface area (Å²) in [5, 5.41) is 0. The predicted octanol–water partition coefficient (Wildman–Crippen LogP) is 2.61. The van der Waals surface area contributed by atoms with Crippen molar-refractivity contribution < 1.29 is 4.74 Å². The number of nitrogens with two attached hydrogens (primary N) is 1. The van der Waals surface area contributed by atoms with E-state index in [1.165, 1.54) is 5.56 Å². The molecule has 106 valence electrons. The molecule has 0 aliphatic carbocycles. The molecule has 1 aromatic rings. The largest absolute Gasteiger partial charge is 0.490 e. The Morgan fingerprint density at radius 2 is 2.00 bits per heavy atom. The van der Waals surface area contributed by atoms with E-state index >= 15 is 0 Å². The van der Waals surface area contributed by atoms with E-state index in [-0.39, 0.29) is 0 Å². The quantitative estimate of drug-likeness (QED) is 0.886. The van der Waals surface area contributed by atoms with Crippen LogP contribution in [-0.2, 0) is 0 Å². The third-order valence-corrected chi connectivity index (χ3v) is 4.01. The maximum absolute atomic E-state index is 6.23. The van der Waals surface area contributed by atoms with E-state index < -0.39 is 0 Å². The summed E-state index contributed by atoms with van der Waals surface area (Å²) >= 11 is 0. The SMILES string of the molecule is CC(CCN)c1ccccc1OC1CCN(C)CC1. The van der Waals surface area contributed by atoms with Gasteiger partial charge in [0.15, 0.2) is 0 Å². The topological polar surface area (TPSA) is 38.5 Å². The third kappa shape index (κ3) is 3.95. The Labute approximate surface area is 116 Å². The summed E-state index contributed by atoms with van der Waals surface area (Å²) in [6.45, 7) is 5.21. The monoisotopic (exact) mass is 262 g/mol. The number of hydrogen-bond donors (Lipinski definition) is 1. The van der Waals surface area contributed by atoms with Gasteiger partial charge in [0.2, 0.25) is 0 Å². The fraction of sp³-hybridized carbons (Fsp3) is 0.625. The minimum Gasteiger partial charge on any atom is -0.490 e. The molecule has 3 heteroatoms. The maximum Gasteiger partial charge on any atom is 0.123 e. The van der Waals surface area contributed by atoms with Crippen molar-refractivity contribution in [3.05, 3.63) is 29.8 Å². The fourth-order valence-electron chi connectivity index (χ4n) is 2.68. The van der Waals surface area contributed by atoms with Gasteiger partial charge in [0, 0.05) is 13.1 Å². The third-order valence-electron chi connectivity index (χ3n) is 4.01. The first-order valence-electron chi connectivity index (χ1n) is 7.35. The number of benzene rings is 1. The Bertz CT molecular complexity index is 386. The van der Waals surface area contributed by atoms with Crippen molar-refractivity contribution >= 4 is 0 Å². The number of ether oxygens (including phenoxy) is 1. The van der Waals surface area contributed by atoms with E-state index in [2.05, 4.69) is 43.1 Å². The highest BCUT2D eigenvalue weighted by Crippen LogP contribution is 2.30. The molecule has 2 N–H and O–H groups in total. The fourth-order valence-corrected chi connectivity index (χ4v) is 2.68. The molecular formula is C16H26N2O. The van der Waals surface area contributed by atoms with E-state index in [9.17, 15) is 0 Å². The molecule has 0 spiro atoms. The molecule has 1 unspecified atom stereocenters. The van der Waals surface area contributed by atoms with Gasteiger partial charge in [-0.05, 0) is 50.4 Å². The zero-order valence-corrected chi connectivity index (χ0v) is 12.1. The van der Waals surface area contributed by atoms with Crippen LogP contribution in [0.5, 0.6) is 5.75 Å². The van der Waals surface area contributed by atoms with Crippen LogP contribution >= 0.6 is 0 Å². The number of piperidine rings is 1. The van der Waals surface area contributed by atoms with E-state index in [0.29, 0.717) is 12.0 Å². The molecule has 0 saturated carbocycles. The zero-order chi connectivity index (χ0) is 13.7. The molecule has 1 aliphatic rings. The normalized spacial score (nSPS) is 19.3. The molecule has 0 aromatic heterocycles. The smallest absolute Gasteiger partial charge is 0.123 e. The number of likely N-dealkylation sites (tertiary alicyclic amines) is 1. The molecule has 0 amide bonds. The average Bonchev–Trinajstić information content (AvgIpc) is 2.42. The Morgan fingerprint density at radius 1 is 1.32 bits per heavy atom. The lowest BCUT2D eigenvalue weighted by Gasteiger charge is -2.30. The van der Waals surface area contributed by atoms with Gasteiger partial charge in [0.1, 0.15) is 11.9 Å². The molecule has 1 atom stereocenters. The van der Waals surface area contributed by atoms with E-state index in [4.69, 9.17) is 10.5 Å². The van der Waals surface area contributed by atoms with Crippen LogP contribution < -0.4 is 10.5 Å². The summed E-state index contributed by atoms with van der Waals surface area (Å²) < 4.78 is 6.23. The average molecular weight is 262 g/mol. The second kappa shape index (κ2) is 6.92. The molecule has 1 aromatic carbocycles. The molecule has 0 bridgehead atoms. The number of hydrogen-bond acceptors (Lipinski definition) is 3. The van der Waals surface area contributed by atoms with Crippen LogP contribution in [0.4, 0.5) is 0 Å². The van der Waals surface area contributed by atoms with Crippen LogP contribution in [-0.4, -0.2) is 37.7 Å². The second-order valence-corrected chi connectivity index (χ2v) is 5.64. The highest BCUT2D eigenvalue weighted by Gasteiger charge is 2.20. The van der Waals surface area contributed by atoms with Gasteiger partial charge < -0.3 is 15.4 Å². The summed E-state index contributed by atoms with van der Waals surface area (Å²) in [6.07, 6.45) is 3.61. The van der Waals surface area contributed by atoms with Crippen LogP contribution in [0.25, 0.3) is 0 Å². The molecule has 1 saturated heterocycles. The molecule has 2 rings (SSSR count). The lowest BCUT2D eigenvalue weighted by Crippen LogP contribution is -2.35. The van der Waals surface area contributed by atoms with Crippen molar-refractivity contribution in [3.8, 4) is 5.75 Å². The molecule has 0 radical (unpaired) electrons. The van der Waals surface area contributed by atoms with Crippen LogP contribution in [0, 0.1) is 0 Å². The molecule has 3 nitrogen and oxygen atoms in total. The molecule has 19 heavy (non-hydrogen) atoms. The standard InChI is InChI=1S/C16H26N2O/c1-13(7-10-17)15-5-3-4-6-16(15)19-14-8-11-18(2)12-9-14/h3-6,13-14H,7-12,17H2,1-2H3. The van der Waals surface area contributed by atoms with E-state index in [0.717, 1.165) is 44.6 Å². The number of para-hydroxylation sites is 1. The van der Waals surface area contributed by atoms with Gasteiger partial charge in [-0.2, -0.15) is 0 Å².